The molecule has 0 fully saturated rings. The zero-order valence-corrected chi connectivity index (χ0v) is 9.11. The number of nitrogens with one attached hydrogen (secondary N) is 1. The second-order valence-corrected chi connectivity index (χ2v) is 4.33. The summed E-state index contributed by atoms with van der Waals surface area (Å²) in [4.78, 5) is 7.27. The molecule has 3 N–H and O–H groups in total. The number of benzene rings is 1. The van der Waals surface area contributed by atoms with Crippen molar-refractivity contribution in [3.8, 4) is 0 Å². The Morgan fingerprint density at radius 3 is 2.94 bits per heavy atom. The lowest BCUT2D eigenvalue weighted by molar-refractivity contribution is 0.799. The summed E-state index contributed by atoms with van der Waals surface area (Å²) < 4.78 is 0. The molecule has 0 amide bonds. The number of hydrogen-bond acceptors (Lipinski definition) is 2. The number of fused-ring (bicyclic) bond motifs is 1. The lowest BCUT2D eigenvalue weighted by Crippen LogP contribution is -2.13. The van der Waals surface area contributed by atoms with Crippen LogP contribution < -0.4 is 5.73 Å². The van der Waals surface area contributed by atoms with Crippen LogP contribution in [0.2, 0.25) is 0 Å². The molecule has 1 aromatic heterocycles. The first-order valence-electron chi connectivity index (χ1n) is 5.71. The van der Waals surface area contributed by atoms with Crippen molar-refractivity contribution in [3.05, 3.63) is 53.1 Å². The Balaban J connectivity index is 1.95. The number of hydrogen-bond donors (Lipinski definition) is 2. The van der Waals surface area contributed by atoms with Gasteiger partial charge in [-0.2, -0.15) is 0 Å². The molecule has 82 valence electrons. The van der Waals surface area contributed by atoms with Crippen molar-refractivity contribution in [3.63, 3.8) is 0 Å². The Labute approximate surface area is 94.7 Å². The predicted molar refractivity (Wildman–Crippen MR) is 63.1 cm³/mol. The molecule has 3 rings (SSSR count). The minimum Gasteiger partial charge on any atom is -0.347 e. The number of aromatic nitrogens is 2. The van der Waals surface area contributed by atoms with Gasteiger partial charge in [-0.3, -0.25) is 0 Å². The quantitative estimate of drug-likeness (QED) is 0.801. The lowest BCUT2D eigenvalue weighted by Gasteiger charge is -2.11. The number of aryl methyl sites for hydroxylation is 2. The smallest absolute Gasteiger partial charge is 0.127 e. The zero-order chi connectivity index (χ0) is 11.0. The van der Waals surface area contributed by atoms with Crippen LogP contribution in [-0.4, -0.2) is 9.97 Å². The summed E-state index contributed by atoms with van der Waals surface area (Å²) in [6.07, 6.45) is 7.22. The normalized spacial score (nSPS) is 16.1. The standard InChI is InChI=1S/C13H15N3/c14-12(13-15-6-7-16-13)11-5-4-9-2-1-3-10(9)8-11/h4-8,12H,1-3,14H2,(H,15,16). The van der Waals surface area contributed by atoms with Gasteiger partial charge in [-0.15, -0.1) is 0 Å². The van der Waals surface area contributed by atoms with E-state index in [9.17, 15) is 0 Å². The summed E-state index contributed by atoms with van der Waals surface area (Å²) in [5, 5.41) is 0. The van der Waals surface area contributed by atoms with Gasteiger partial charge in [-0.25, -0.2) is 4.98 Å². The van der Waals surface area contributed by atoms with Gasteiger partial charge in [0, 0.05) is 12.4 Å². The van der Waals surface area contributed by atoms with Crippen molar-refractivity contribution in [1.82, 2.24) is 9.97 Å². The first-order valence-corrected chi connectivity index (χ1v) is 5.71. The van der Waals surface area contributed by atoms with Gasteiger partial charge < -0.3 is 10.7 Å². The summed E-state index contributed by atoms with van der Waals surface area (Å²) in [5.74, 6) is 0.831. The zero-order valence-electron chi connectivity index (χ0n) is 9.11. The summed E-state index contributed by atoms with van der Waals surface area (Å²) in [6, 6.07) is 6.42. The molecule has 0 spiro atoms. The molecule has 2 aromatic rings. The molecule has 1 aliphatic carbocycles. The van der Waals surface area contributed by atoms with Gasteiger partial charge in [0.25, 0.3) is 0 Å². The molecule has 1 aliphatic rings. The highest BCUT2D eigenvalue weighted by Gasteiger charge is 2.15. The maximum atomic E-state index is 6.16. The van der Waals surface area contributed by atoms with Crippen LogP contribution >= 0.6 is 0 Å². The Hall–Kier alpha value is -1.61. The Morgan fingerprint density at radius 2 is 2.12 bits per heavy atom. The average Bonchev–Trinajstić information content (AvgIpc) is 2.98. The molecule has 0 radical (unpaired) electrons. The van der Waals surface area contributed by atoms with Crippen molar-refractivity contribution in [2.75, 3.05) is 0 Å². The van der Waals surface area contributed by atoms with E-state index in [1.807, 2.05) is 6.20 Å². The molecule has 3 nitrogen and oxygen atoms in total. The highest BCUT2D eigenvalue weighted by molar-refractivity contribution is 5.37. The highest BCUT2D eigenvalue weighted by atomic mass is 14.9. The predicted octanol–water partition coefficient (Wildman–Crippen LogP) is 1.95. The topological polar surface area (TPSA) is 54.7 Å². The molecule has 3 heteroatoms. The van der Waals surface area contributed by atoms with Crippen LogP contribution in [0.25, 0.3) is 0 Å². The van der Waals surface area contributed by atoms with Crippen LogP contribution in [0.1, 0.15) is 35.0 Å². The van der Waals surface area contributed by atoms with Crippen molar-refractivity contribution < 1.29 is 0 Å². The number of imidazole rings is 1. The minimum absolute atomic E-state index is 0.138. The molecule has 1 aromatic carbocycles. The first-order chi connectivity index (χ1) is 7.84. The second-order valence-electron chi connectivity index (χ2n) is 4.33. The van der Waals surface area contributed by atoms with Gasteiger partial charge in [-0.05, 0) is 36.0 Å². The number of rotatable bonds is 2. The van der Waals surface area contributed by atoms with E-state index < -0.39 is 0 Å². The van der Waals surface area contributed by atoms with Gasteiger partial charge in [0.1, 0.15) is 5.82 Å². The highest BCUT2D eigenvalue weighted by Crippen LogP contribution is 2.26. The van der Waals surface area contributed by atoms with E-state index >= 15 is 0 Å². The average molecular weight is 213 g/mol. The lowest BCUT2D eigenvalue weighted by atomic mass is 10.0. The van der Waals surface area contributed by atoms with Crippen LogP contribution in [0.3, 0.4) is 0 Å². The van der Waals surface area contributed by atoms with Crippen molar-refractivity contribution in [2.24, 2.45) is 5.73 Å². The van der Waals surface area contributed by atoms with E-state index in [4.69, 9.17) is 5.73 Å². The van der Waals surface area contributed by atoms with E-state index in [0.717, 1.165) is 11.4 Å². The molecule has 1 atom stereocenters. The number of nitrogens with two attached hydrogens (primary N) is 1. The van der Waals surface area contributed by atoms with Crippen molar-refractivity contribution >= 4 is 0 Å². The van der Waals surface area contributed by atoms with Gasteiger partial charge in [0.05, 0.1) is 6.04 Å². The van der Waals surface area contributed by atoms with Crippen LogP contribution in [0.4, 0.5) is 0 Å². The largest absolute Gasteiger partial charge is 0.347 e. The Morgan fingerprint density at radius 1 is 1.25 bits per heavy atom. The SMILES string of the molecule is NC(c1ccc2c(c1)CCC2)c1ncc[nH]1. The van der Waals surface area contributed by atoms with Gasteiger partial charge in [-0.1, -0.05) is 18.2 Å². The third kappa shape index (κ3) is 1.53. The molecule has 1 heterocycles. The van der Waals surface area contributed by atoms with Gasteiger partial charge >= 0.3 is 0 Å². The summed E-state index contributed by atoms with van der Waals surface area (Å²) >= 11 is 0. The maximum Gasteiger partial charge on any atom is 0.127 e. The molecule has 1 unspecified atom stereocenters. The number of aromatic amines is 1. The van der Waals surface area contributed by atoms with Gasteiger partial charge in [0.2, 0.25) is 0 Å². The third-order valence-electron chi connectivity index (χ3n) is 3.30. The maximum absolute atomic E-state index is 6.16. The van der Waals surface area contributed by atoms with Crippen LogP contribution in [-0.2, 0) is 12.8 Å². The fourth-order valence-electron chi connectivity index (χ4n) is 2.39. The fourth-order valence-corrected chi connectivity index (χ4v) is 2.39. The van der Waals surface area contributed by atoms with Crippen molar-refractivity contribution in [2.45, 2.75) is 25.3 Å². The van der Waals surface area contributed by atoms with E-state index in [0.29, 0.717) is 0 Å². The summed E-state index contributed by atoms with van der Waals surface area (Å²) in [6.45, 7) is 0. The number of H-pyrrole nitrogens is 1. The minimum atomic E-state index is -0.138. The second kappa shape index (κ2) is 3.76. The molecular weight excluding hydrogens is 198 g/mol. The van der Waals surface area contributed by atoms with Crippen LogP contribution in [0.15, 0.2) is 30.6 Å². The summed E-state index contributed by atoms with van der Waals surface area (Å²) in [5.41, 5.74) is 10.2. The summed E-state index contributed by atoms with van der Waals surface area (Å²) in [7, 11) is 0. The van der Waals surface area contributed by atoms with E-state index in [1.54, 1.807) is 6.20 Å². The molecular formula is C13H15N3. The monoisotopic (exact) mass is 213 g/mol. The molecule has 0 aliphatic heterocycles. The first kappa shape index (κ1) is 9.60. The molecule has 0 bridgehead atoms. The number of nitrogens with zero attached hydrogens (tertiary/aromatic N) is 1. The van der Waals surface area contributed by atoms with E-state index in [1.165, 1.54) is 30.4 Å². The third-order valence-corrected chi connectivity index (χ3v) is 3.30. The van der Waals surface area contributed by atoms with E-state index in [2.05, 4.69) is 28.2 Å². The van der Waals surface area contributed by atoms with Gasteiger partial charge in [0.15, 0.2) is 0 Å². The fraction of sp³-hybridized carbons (Fsp3) is 0.308. The van der Waals surface area contributed by atoms with Crippen LogP contribution in [0.5, 0.6) is 0 Å². The molecule has 0 saturated carbocycles. The van der Waals surface area contributed by atoms with E-state index in [-0.39, 0.29) is 6.04 Å². The van der Waals surface area contributed by atoms with Crippen LogP contribution in [0, 0.1) is 0 Å². The molecule has 0 saturated heterocycles. The Kier molecular flexibility index (Phi) is 2.26. The Bertz CT molecular complexity index is 488. The van der Waals surface area contributed by atoms with Crippen molar-refractivity contribution in [1.29, 1.82) is 0 Å². The molecule has 16 heavy (non-hydrogen) atoms.